The summed E-state index contributed by atoms with van der Waals surface area (Å²) in [5.41, 5.74) is 2.38. The van der Waals surface area contributed by atoms with Gasteiger partial charge in [0.25, 0.3) is 0 Å². The fraction of sp³-hybridized carbons (Fsp3) is 0.625. The molecule has 21 heavy (non-hydrogen) atoms. The number of rotatable bonds is 6. The van der Waals surface area contributed by atoms with E-state index in [0.29, 0.717) is 10.5 Å². The molecular formula is C16H25ClN2OS. The first-order chi connectivity index (χ1) is 10.1. The summed E-state index contributed by atoms with van der Waals surface area (Å²) in [4.78, 5) is 2.41. The highest BCUT2D eigenvalue weighted by molar-refractivity contribution is 8.00. The van der Waals surface area contributed by atoms with Gasteiger partial charge in [0.2, 0.25) is 0 Å². The number of thioether (sulfide) groups is 1. The summed E-state index contributed by atoms with van der Waals surface area (Å²) in [7, 11) is 1.71. The van der Waals surface area contributed by atoms with Gasteiger partial charge in [-0.3, -0.25) is 0 Å². The summed E-state index contributed by atoms with van der Waals surface area (Å²) in [6.07, 6.45) is 0. The van der Waals surface area contributed by atoms with Crippen molar-refractivity contribution in [3.05, 3.63) is 28.8 Å². The average molecular weight is 329 g/mol. The number of benzene rings is 1. The van der Waals surface area contributed by atoms with Crippen LogP contribution in [0.4, 0.5) is 5.69 Å². The maximum atomic E-state index is 6.50. The van der Waals surface area contributed by atoms with E-state index in [9.17, 15) is 0 Å². The summed E-state index contributed by atoms with van der Waals surface area (Å²) in [5.74, 6) is 0. The molecule has 1 aliphatic heterocycles. The average Bonchev–Trinajstić information content (AvgIpc) is 2.42. The standard InChI is InChI=1S/C16H25ClN2OS/c1-12-10-19(11-13(2)21-12)16-5-4-14(8-15(16)17)9-18-6-7-20-3/h4-5,8,12-13,18H,6-7,9-11H2,1-3H3. The highest BCUT2D eigenvalue weighted by Gasteiger charge is 2.23. The van der Waals surface area contributed by atoms with Gasteiger partial charge in [-0.05, 0) is 17.7 Å². The molecule has 1 aromatic rings. The molecule has 118 valence electrons. The van der Waals surface area contributed by atoms with E-state index in [1.807, 2.05) is 0 Å². The lowest BCUT2D eigenvalue weighted by molar-refractivity contribution is 0.199. The molecule has 0 saturated carbocycles. The monoisotopic (exact) mass is 328 g/mol. The molecule has 1 aromatic carbocycles. The summed E-state index contributed by atoms with van der Waals surface area (Å²) in [6.45, 7) is 9.12. The molecule has 1 aliphatic rings. The number of halogens is 1. The molecule has 0 bridgehead atoms. The van der Waals surface area contributed by atoms with Gasteiger partial charge in [0.15, 0.2) is 0 Å². The Balaban J connectivity index is 1.98. The lowest BCUT2D eigenvalue weighted by Gasteiger charge is -2.36. The van der Waals surface area contributed by atoms with Gasteiger partial charge >= 0.3 is 0 Å². The van der Waals surface area contributed by atoms with Crippen molar-refractivity contribution < 1.29 is 4.74 Å². The summed E-state index contributed by atoms with van der Waals surface area (Å²) >= 11 is 8.56. The second kappa shape index (κ2) is 8.28. The highest BCUT2D eigenvalue weighted by atomic mass is 35.5. The Morgan fingerprint density at radius 2 is 2.05 bits per heavy atom. The number of ether oxygens (including phenoxy) is 1. The van der Waals surface area contributed by atoms with Crippen molar-refractivity contribution in [3.8, 4) is 0 Å². The zero-order valence-electron chi connectivity index (χ0n) is 13.1. The van der Waals surface area contributed by atoms with Crippen LogP contribution in [0.5, 0.6) is 0 Å². The Hall–Kier alpha value is -0.420. The minimum atomic E-state index is 0.653. The molecule has 0 aliphatic carbocycles. The second-order valence-electron chi connectivity index (χ2n) is 5.62. The van der Waals surface area contributed by atoms with Gasteiger partial charge in [0, 0.05) is 43.8 Å². The Morgan fingerprint density at radius 3 is 2.67 bits per heavy atom. The van der Waals surface area contributed by atoms with Crippen LogP contribution >= 0.6 is 23.4 Å². The molecular weight excluding hydrogens is 304 g/mol. The number of nitrogens with zero attached hydrogens (tertiary/aromatic N) is 1. The van der Waals surface area contributed by atoms with Crippen LogP contribution in [0.15, 0.2) is 18.2 Å². The minimum Gasteiger partial charge on any atom is -0.383 e. The van der Waals surface area contributed by atoms with Crippen molar-refractivity contribution in [2.75, 3.05) is 38.3 Å². The van der Waals surface area contributed by atoms with Crippen LogP contribution in [0, 0.1) is 0 Å². The van der Waals surface area contributed by atoms with Gasteiger partial charge in [0.05, 0.1) is 17.3 Å². The summed E-state index contributed by atoms with van der Waals surface area (Å²) in [5, 5.41) is 5.50. The molecule has 5 heteroatoms. The molecule has 2 rings (SSSR count). The van der Waals surface area contributed by atoms with Crippen molar-refractivity contribution in [2.24, 2.45) is 0 Å². The molecule has 1 fully saturated rings. The summed E-state index contributed by atoms with van der Waals surface area (Å²) < 4.78 is 5.02. The van der Waals surface area contributed by atoms with Crippen LogP contribution in [-0.4, -0.2) is 43.9 Å². The van der Waals surface area contributed by atoms with Gasteiger partial charge in [-0.1, -0.05) is 31.5 Å². The van der Waals surface area contributed by atoms with E-state index in [-0.39, 0.29) is 0 Å². The molecule has 3 nitrogen and oxygen atoms in total. The molecule has 0 aromatic heterocycles. The third-order valence-corrected chi connectivity index (χ3v) is 5.11. The second-order valence-corrected chi connectivity index (χ2v) is 7.91. The van der Waals surface area contributed by atoms with Gasteiger partial charge in [-0.25, -0.2) is 0 Å². The first-order valence-corrected chi connectivity index (χ1v) is 8.80. The van der Waals surface area contributed by atoms with Crippen molar-refractivity contribution in [3.63, 3.8) is 0 Å². The number of hydrogen-bond acceptors (Lipinski definition) is 4. The third kappa shape index (κ3) is 5.06. The van der Waals surface area contributed by atoms with Gasteiger partial charge < -0.3 is 15.0 Å². The Morgan fingerprint density at radius 1 is 1.33 bits per heavy atom. The van der Waals surface area contributed by atoms with Crippen molar-refractivity contribution >= 4 is 29.1 Å². The van der Waals surface area contributed by atoms with Crippen molar-refractivity contribution in [1.82, 2.24) is 5.32 Å². The van der Waals surface area contributed by atoms with Crippen LogP contribution in [-0.2, 0) is 11.3 Å². The number of anilines is 1. The summed E-state index contributed by atoms with van der Waals surface area (Å²) in [6, 6.07) is 6.40. The zero-order chi connectivity index (χ0) is 15.2. The largest absolute Gasteiger partial charge is 0.383 e. The maximum absolute atomic E-state index is 6.50. The SMILES string of the molecule is COCCNCc1ccc(N2CC(C)SC(C)C2)c(Cl)c1. The van der Waals surface area contributed by atoms with E-state index in [4.69, 9.17) is 16.3 Å². The van der Waals surface area contributed by atoms with Gasteiger partial charge in [-0.15, -0.1) is 0 Å². The minimum absolute atomic E-state index is 0.653. The van der Waals surface area contributed by atoms with Crippen LogP contribution < -0.4 is 10.2 Å². The Labute approximate surface area is 137 Å². The molecule has 2 atom stereocenters. The molecule has 1 heterocycles. The lowest BCUT2D eigenvalue weighted by atomic mass is 10.1. The van der Waals surface area contributed by atoms with Crippen molar-refractivity contribution in [2.45, 2.75) is 30.9 Å². The Bertz CT molecular complexity index is 448. The van der Waals surface area contributed by atoms with Crippen molar-refractivity contribution in [1.29, 1.82) is 0 Å². The maximum Gasteiger partial charge on any atom is 0.0642 e. The highest BCUT2D eigenvalue weighted by Crippen LogP contribution is 2.33. The van der Waals surface area contributed by atoms with E-state index in [0.717, 1.165) is 43.5 Å². The predicted molar refractivity (Wildman–Crippen MR) is 93.8 cm³/mol. The van der Waals surface area contributed by atoms with Crippen LogP contribution in [0.25, 0.3) is 0 Å². The fourth-order valence-electron chi connectivity index (χ4n) is 2.70. The van der Waals surface area contributed by atoms with Gasteiger partial charge in [-0.2, -0.15) is 11.8 Å². The molecule has 2 unspecified atom stereocenters. The Kier molecular flexibility index (Phi) is 6.68. The lowest BCUT2D eigenvalue weighted by Crippen LogP contribution is -2.40. The number of nitrogens with one attached hydrogen (secondary N) is 1. The zero-order valence-corrected chi connectivity index (χ0v) is 14.6. The molecule has 0 radical (unpaired) electrons. The van der Waals surface area contributed by atoms with E-state index in [1.165, 1.54) is 5.56 Å². The molecule has 0 spiro atoms. The van der Waals surface area contributed by atoms with E-state index < -0.39 is 0 Å². The number of hydrogen-bond donors (Lipinski definition) is 1. The van der Waals surface area contributed by atoms with E-state index >= 15 is 0 Å². The van der Waals surface area contributed by atoms with Crippen LogP contribution in [0.3, 0.4) is 0 Å². The third-order valence-electron chi connectivity index (χ3n) is 3.58. The topological polar surface area (TPSA) is 24.5 Å². The first-order valence-electron chi connectivity index (χ1n) is 7.48. The van der Waals surface area contributed by atoms with Crippen LogP contribution in [0.2, 0.25) is 5.02 Å². The van der Waals surface area contributed by atoms with Crippen LogP contribution in [0.1, 0.15) is 19.4 Å². The number of methoxy groups -OCH3 is 1. The quantitative estimate of drug-likeness (QED) is 0.809. The first kappa shape index (κ1) is 16.9. The van der Waals surface area contributed by atoms with E-state index in [1.54, 1.807) is 7.11 Å². The fourth-order valence-corrected chi connectivity index (χ4v) is 4.35. The van der Waals surface area contributed by atoms with Gasteiger partial charge in [0.1, 0.15) is 0 Å². The molecule has 1 N–H and O–H groups in total. The molecule has 0 amide bonds. The molecule has 1 saturated heterocycles. The normalized spacial score (nSPS) is 22.6. The predicted octanol–water partition coefficient (Wildman–Crippen LogP) is 3.41. The smallest absolute Gasteiger partial charge is 0.0642 e. The van der Waals surface area contributed by atoms with E-state index in [2.05, 4.69) is 54.0 Å².